The molecule has 35 heavy (non-hydrogen) atoms. The van der Waals surface area contributed by atoms with Crippen molar-refractivity contribution in [2.45, 2.75) is 0 Å². The first-order valence-corrected chi connectivity index (χ1v) is 10.6. The van der Waals surface area contributed by atoms with Crippen LogP contribution in [0.25, 0.3) is 46.1 Å². The van der Waals surface area contributed by atoms with Crippen LogP contribution in [0.15, 0.2) is 84.9 Å². The van der Waals surface area contributed by atoms with Crippen LogP contribution in [0, 0.1) is 11.3 Å². The fourth-order valence-electron chi connectivity index (χ4n) is 3.48. The molecule has 0 aliphatic heterocycles. The van der Waals surface area contributed by atoms with Crippen LogP contribution in [0.3, 0.4) is 0 Å². The number of aromatic nitrogens is 2. The van der Waals surface area contributed by atoms with Crippen LogP contribution in [0.1, 0.15) is 16.7 Å². The fourth-order valence-corrected chi connectivity index (χ4v) is 3.48. The molecule has 0 bridgehead atoms. The predicted octanol–water partition coefficient (Wildman–Crippen LogP) is 5.48. The average molecular weight is 461 g/mol. The Morgan fingerprint density at radius 3 is 1.71 bits per heavy atom. The molecule has 0 saturated carbocycles. The largest absolute Gasteiger partial charge is 0.478 e. The molecular formula is C28H19N3O4. The molecule has 0 amide bonds. The van der Waals surface area contributed by atoms with Crippen molar-refractivity contribution >= 4 is 24.1 Å². The number of aliphatic carboxylic acids is 2. The molecule has 0 aliphatic rings. The number of imidazole rings is 1. The van der Waals surface area contributed by atoms with Crippen LogP contribution < -0.4 is 0 Å². The van der Waals surface area contributed by atoms with E-state index in [0.717, 1.165) is 45.7 Å². The monoisotopic (exact) mass is 461 g/mol. The highest BCUT2D eigenvalue weighted by atomic mass is 16.4. The molecule has 3 N–H and O–H groups in total. The van der Waals surface area contributed by atoms with E-state index in [1.54, 1.807) is 12.1 Å². The van der Waals surface area contributed by atoms with Gasteiger partial charge in [-0.15, -0.1) is 0 Å². The molecule has 0 unspecified atom stereocenters. The standard InChI is InChI=1S/C28H19N3O4/c29-17-20-5-13-23(14-6-20)28-30-26(21-9-1-18(2-10-21)7-15-24(32)33)27(31-28)22-11-3-19(4-12-22)8-16-25(34)35/h1-16H,(H,30,31)(H,32,33)(H,34,35)/b15-7+,16-8+. The smallest absolute Gasteiger partial charge is 0.328 e. The van der Waals surface area contributed by atoms with E-state index in [-0.39, 0.29) is 0 Å². The summed E-state index contributed by atoms with van der Waals surface area (Å²) in [6.45, 7) is 0. The normalized spacial score (nSPS) is 11.1. The second-order valence-electron chi connectivity index (χ2n) is 7.59. The molecule has 7 heteroatoms. The molecule has 0 fully saturated rings. The summed E-state index contributed by atoms with van der Waals surface area (Å²) in [6.07, 6.45) is 5.20. The Morgan fingerprint density at radius 2 is 1.23 bits per heavy atom. The van der Waals surface area contributed by atoms with Crippen LogP contribution in [0.4, 0.5) is 0 Å². The van der Waals surface area contributed by atoms with Gasteiger partial charge in [0, 0.05) is 28.8 Å². The number of rotatable bonds is 7. The highest BCUT2D eigenvalue weighted by Crippen LogP contribution is 2.33. The summed E-state index contributed by atoms with van der Waals surface area (Å²) < 4.78 is 0. The molecule has 0 radical (unpaired) electrons. The van der Waals surface area contributed by atoms with Gasteiger partial charge in [-0.25, -0.2) is 14.6 Å². The van der Waals surface area contributed by atoms with E-state index < -0.39 is 11.9 Å². The highest BCUT2D eigenvalue weighted by Gasteiger charge is 2.15. The molecule has 0 saturated heterocycles. The Kier molecular flexibility index (Phi) is 6.66. The highest BCUT2D eigenvalue weighted by molar-refractivity contribution is 5.87. The second kappa shape index (κ2) is 10.1. The lowest BCUT2D eigenvalue weighted by Crippen LogP contribution is -1.87. The van der Waals surface area contributed by atoms with E-state index in [1.807, 2.05) is 60.7 Å². The van der Waals surface area contributed by atoms with Crippen molar-refractivity contribution in [3.63, 3.8) is 0 Å². The van der Waals surface area contributed by atoms with Crippen LogP contribution in [0.5, 0.6) is 0 Å². The summed E-state index contributed by atoms with van der Waals surface area (Å²) in [7, 11) is 0. The van der Waals surface area contributed by atoms with E-state index in [4.69, 9.17) is 20.5 Å². The Labute approximate surface area is 201 Å². The van der Waals surface area contributed by atoms with Crippen molar-refractivity contribution in [2.75, 3.05) is 0 Å². The van der Waals surface area contributed by atoms with Gasteiger partial charge >= 0.3 is 11.9 Å². The maximum atomic E-state index is 10.8. The van der Waals surface area contributed by atoms with Gasteiger partial charge in [0.05, 0.1) is 23.0 Å². The molecule has 0 spiro atoms. The molecular weight excluding hydrogens is 442 g/mol. The number of carboxylic acids is 2. The number of benzene rings is 3. The van der Waals surface area contributed by atoms with Gasteiger partial charge < -0.3 is 15.2 Å². The number of nitriles is 1. The third kappa shape index (κ3) is 5.59. The Hall–Kier alpha value is -5.22. The average Bonchev–Trinajstić information content (AvgIpc) is 3.32. The van der Waals surface area contributed by atoms with E-state index in [9.17, 15) is 9.59 Å². The SMILES string of the molecule is N#Cc1ccc(-c2nc(-c3ccc(/C=C/C(=O)O)cc3)c(-c3ccc(/C=C/C(=O)O)cc3)[nH]2)cc1. The fraction of sp³-hybridized carbons (Fsp3) is 0. The van der Waals surface area contributed by atoms with Gasteiger partial charge in [-0.3, -0.25) is 0 Å². The van der Waals surface area contributed by atoms with Gasteiger partial charge in [0.15, 0.2) is 0 Å². The van der Waals surface area contributed by atoms with Gasteiger partial charge in [-0.2, -0.15) is 5.26 Å². The number of hydrogen-bond donors (Lipinski definition) is 3. The van der Waals surface area contributed by atoms with Crippen molar-refractivity contribution in [3.05, 3.63) is 102 Å². The number of aromatic amines is 1. The summed E-state index contributed by atoms with van der Waals surface area (Å²) in [5.41, 5.74) is 6.02. The van der Waals surface area contributed by atoms with E-state index in [1.165, 1.54) is 12.2 Å². The lowest BCUT2D eigenvalue weighted by Gasteiger charge is -2.05. The molecule has 3 aromatic carbocycles. The summed E-state index contributed by atoms with van der Waals surface area (Å²) in [4.78, 5) is 29.8. The lowest BCUT2D eigenvalue weighted by molar-refractivity contribution is -0.132. The van der Waals surface area contributed by atoms with E-state index in [2.05, 4.69) is 11.1 Å². The zero-order chi connectivity index (χ0) is 24.8. The molecule has 0 aliphatic carbocycles. The van der Waals surface area contributed by atoms with Crippen molar-refractivity contribution in [1.29, 1.82) is 5.26 Å². The maximum Gasteiger partial charge on any atom is 0.328 e. The van der Waals surface area contributed by atoms with Gasteiger partial charge in [0.1, 0.15) is 5.82 Å². The predicted molar refractivity (Wildman–Crippen MR) is 133 cm³/mol. The minimum Gasteiger partial charge on any atom is -0.478 e. The van der Waals surface area contributed by atoms with Crippen LogP contribution in [-0.4, -0.2) is 32.1 Å². The Bertz CT molecular complexity index is 1390. The first-order valence-electron chi connectivity index (χ1n) is 10.6. The topological polar surface area (TPSA) is 127 Å². The first kappa shape index (κ1) is 23.0. The van der Waals surface area contributed by atoms with Crippen LogP contribution in [-0.2, 0) is 9.59 Å². The van der Waals surface area contributed by atoms with Gasteiger partial charge in [-0.05, 0) is 47.5 Å². The van der Waals surface area contributed by atoms with E-state index in [0.29, 0.717) is 17.1 Å². The molecule has 4 rings (SSSR count). The number of carboxylic acid groups (broad SMARTS) is 2. The molecule has 7 nitrogen and oxygen atoms in total. The molecule has 1 aromatic heterocycles. The summed E-state index contributed by atoms with van der Waals surface area (Å²) >= 11 is 0. The molecule has 1 heterocycles. The summed E-state index contributed by atoms with van der Waals surface area (Å²) in [5.74, 6) is -1.40. The number of H-pyrrole nitrogens is 1. The Balaban J connectivity index is 1.76. The second-order valence-corrected chi connectivity index (χ2v) is 7.59. The van der Waals surface area contributed by atoms with Gasteiger partial charge in [-0.1, -0.05) is 48.5 Å². The van der Waals surface area contributed by atoms with Crippen molar-refractivity contribution < 1.29 is 19.8 Å². The summed E-state index contributed by atoms with van der Waals surface area (Å²) in [6, 6.07) is 24.0. The van der Waals surface area contributed by atoms with Crippen molar-refractivity contribution in [2.24, 2.45) is 0 Å². The molecule has 4 aromatic rings. The quantitative estimate of drug-likeness (QED) is 0.313. The Morgan fingerprint density at radius 1 is 0.743 bits per heavy atom. The first-order chi connectivity index (χ1) is 16.9. The number of hydrogen-bond acceptors (Lipinski definition) is 4. The molecule has 170 valence electrons. The minimum atomic E-state index is -1.02. The third-order valence-electron chi connectivity index (χ3n) is 5.21. The van der Waals surface area contributed by atoms with Crippen LogP contribution in [0.2, 0.25) is 0 Å². The third-order valence-corrected chi connectivity index (χ3v) is 5.21. The number of carbonyl (C=O) groups is 2. The zero-order valence-corrected chi connectivity index (χ0v) is 18.3. The van der Waals surface area contributed by atoms with Crippen molar-refractivity contribution in [3.8, 4) is 40.0 Å². The minimum absolute atomic E-state index is 0.552. The summed E-state index contributed by atoms with van der Waals surface area (Å²) in [5, 5.41) is 26.8. The zero-order valence-electron chi connectivity index (χ0n) is 18.3. The van der Waals surface area contributed by atoms with Crippen molar-refractivity contribution in [1.82, 2.24) is 9.97 Å². The molecule has 0 atom stereocenters. The van der Waals surface area contributed by atoms with E-state index >= 15 is 0 Å². The maximum absolute atomic E-state index is 10.8. The van der Waals surface area contributed by atoms with Gasteiger partial charge in [0.25, 0.3) is 0 Å². The van der Waals surface area contributed by atoms with Gasteiger partial charge in [0.2, 0.25) is 0 Å². The van der Waals surface area contributed by atoms with Crippen LogP contribution >= 0.6 is 0 Å². The lowest BCUT2D eigenvalue weighted by atomic mass is 10.0. The number of nitrogens with one attached hydrogen (secondary N) is 1. The number of nitrogens with zero attached hydrogens (tertiary/aromatic N) is 2.